The zero-order chi connectivity index (χ0) is 22.6. The summed E-state index contributed by atoms with van der Waals surface area (Å²) in [5.74, 6) is -0.743. The topological polar surface area (TPSA) is 29.1 Å². The van der Waals surface area contributed by atoms with E-state index in [9.17, 15) is 31.1 Å². The summed E-state index contributed by atoms with van der Waals surface area (Å²) >= 11 is 1.13. The summed E-state index contributed by atoms with van der Waals surface area (Å²) in [5, 5.41) is 1.33. The van der Waals surface area contributed by atoms with Gasteiger partial charge in [0.25, 0.3) is 0 Å². The number of carbonyl (C=O) groups is 1. The molecule has 0 radical (unpaired) electrons. The van der Waals surface area contributed by atoms with Crippen LogP contribution in [0.3, 0.4) is 0 Å². The molecule has 3 aromatic carbocycles. The number of benzene rings is 3. The second-order valence-corrected chi connectivity index (χ2v) is 7.68. The number of amides is 1. The molecule has 0 heterocycles. The molecule has 1 amide bonds. The van der Waals surface area contributed by atoms with Crippen molar-refractivity contribution >= 4 is 23.4 Å². The summed E-state index contributed by atoms with van der Waals surface area (Å²) < 4.78 is 78.6. The predicted octanol–water partition coefficient (Wildman–Crippen LogP) is 7.20. The smallest absolute Gasteiger partial charge is 0.325 e. The van der Waals surface area contributed by atoms with Gasteiger partial charge in [0.1, 0.15) is 5.25 Å². The summed E-state index contributed by atoms with van der Waals surface area (Å²) in [6, 6.07) is 18.2. The summed E-state index contributed by atoms with van der Waals surface area (Å²) in [7, 11) is 0. The molecule has 0 aliphatic carbocycles. The molecule has 31 heavy (non-hydrogen) atoms. The lowest BCUT2D eigenvalue weighted by atomic mass is 10.1. The molecule has 0 saturated heterocycles. The molecule has 0 fully saturated rings. The van der Waals surface area contributed by atoms with Crippen molar-refractivity contribution in [1.82, 2.24) is 0 Å². The Morgan fingerprint density at radius 3 is 1.71 bits per heavy atom. The number of rotatable bonds is 5. The Hall–Kier alpha value is -2.94. The molecule has 0 spiro atoms. The first kappa shape index (κ1) is 22.7. The summed E-state index contributed by atoms with van der Waals surface area (Å²) in [6.45, 7) is 0. The van der Waals surface area contributed by atoms with Gasteiger partial charge in [-0.2, -0.15) is 26.3 Å². The number of thioether (sulfide) groups is 1. The molecule has 0 bridgehead atoms. The van der Waals surface area contributed by atoms with E-state index in [1.807, 2.05) is 0 Å². The minimum Gasteiger partial charge on any atom is -0.325 e. The quantitative estimate of drug-likeness (QED) is 0.326. The first-order valence-corrected chi connectivity index (χ1v) is 9.79. The van der Waals surface area contributed by atoms with Gasteiger partial charge in [-0.3, -0.25) is 4.79 Å². The fraction of sp³-hybridized carbons (Fsp3) is 0.136. The Morgan fingerprint density at radius 2 is 1.23 bits per heavy atom. The van der Waals surface area contributed by atoms with Crippen LogP contribution in [0.25, 0.3) is 0 Å². The van der Waals surface area contributed by atoms with Crippen molar-refractivity contribution in [3.05, 3.63) is 95.6 Å². The molecule has 0 aromatic heterocycles. The lowest BCUT2D eigenvalue weighted by molar-refractivity contribution is -0.143. The standard InChI is InChI=1S/C22H15F6NOS/c23-21(24,25)15-11-16(22(26,27)28)13-17(12-15)29-20(30)19(14-7-3-1-4-8-14)31-18-9-5-2-6-10-18/h1-13,19H,(H,29,30). The van der Waals surface area contributed by atoms with E-state index in [0.717, 1.165) is 11.8 Å². The zero-order valence-corrected chi connectivity index (χ0v) is 16.5. The van der Waals surface area contributed by atoms with Gasteiger partial charge in [0.05, 0.1) is 11.1 Å². The average molecular weight is 455 g/mol. The van der Waals surface area contributed by atoms with Crippen molar-refractivity contribution in [1.29, 1.82) is 0 Å². The van der Waals surface area contributed by atoms with Crippen LogP contribution < -0.4 is 5.32 Å². The van der Waals surface area contributed by atoms with Gasteiger partial charge in [0.2, 0.25) is 5.91 Å². The maximum Gasteiger partial charge on any atom is 0.416 e. The van der Waals surface area contributed by atoms with E-state index in [4.69, 9.17) is 0 Å². The van der Waals surface area contributed by atoms with Crippen LogP contribution in [-0.4, -0.2) is 5.91 Å². The Balaban J connectivity index is 1.96. The monoisotopic (exact) mass is 455 g/mol. The lowest BCUT2D eigenvalue weighted by Crippen LogP contribution is -2.20. The van der Waals surface area contributed by atoms with Crippen molar-refractivity contribution in [3.8, 4) is 0 Å². The Labute approximate surface area is 178 Å². The normalized spacial score (nSPS) is 13.0. The van der Waals surface area contributed by atoms with Gasteiger partial charge in [-0.25, -0.2) is 0 Å². The van der Waals surface area contributed by atoms with Gasteiger partial charge in [0.15, 0.2) is 0 Å². The molecule has 1 unspecified atom stereocenters. The second kappa shape index (κ2) is 9.05. The van der Waals surface area contributed by atoms with Crippen LogP contribution >= 0.6 is 11.8 Å². The average Bonchev–Trinajstić information content (AvgIpc) is 2.72. The van der Waals surface area contributed by atoms with E-state index < -0.39 is 40.3 Å². The molecular formula is C22H15F6NOS. The third kappa shape index (κ3) is 6.04. The molecule has 0 aliphatic heterocycles. The van der Waals surface area contributed by atoms with Gasteiger partial charge in [-0.1, -0.05) is 48.5 Å². The molecular weight excluding hydrogens is 440 g/mol. The van der Waals surface area contributed by atoms with E-state index in [1.165, 1.54) is 0 Å². The van der Waals surface area contributed by atoms with Crippen LogP contribution in [0.5, 0.6) is 0 Å². The highest BCUT2D eigenvalue weighted by Crippen LogP contribution is 2.39. The van der Waals surface area contributed by atoms with Gasteiger partial charge >= 0.3 is 12.4 Å². The van der Waals surface area contributed by atoms with E-state index in [1.54, 1.807) is 60.7 Å². The van der Waals surface area contributed by atoms with Crippen LogP contribution in [0.15, 0.2) is 83.8 Å². The van der Waals surface area contributed by atoms with E-state index in [0.29, 0.717) is 22.6 Å². The summed E-state index contributed by atoms with van der Waals surface area (Å²) in [4.78, 5) is 13.7. The third-order valence-electron chi connectivity index (χ3n) is 4.19. The van der Waals surface area contributed by atoms with Gasteiger partial charge in [0, 0.05) is 10.6 Å². The number of alkyl halides is 6. The van der Waals surface area contributed by atoms with Crippen molar-refractivity contribution in [3.63, 3.8) is 0 Å². The van der Waals surface area contributed by atoms with Crippen LogP contribution in [0.1, 0.15) is 21.9 Å². The molecule has 9 heteroatoms. The van der Waals surface area contributed by atoms with Gasteiger partial charge < -0.3 is 5.32 Å². The summed E-state index contributed by atoms with van der Waals surface area (Å²) in [5.41, 5.74) is -3.02. The predicted molar refractivity (Wildman–Crippen MR) is 107 cm³/mol. The van der Waals surface area contributed by atoms with Crippen LogP contribution in [0.2, 0.25) is 0 Å². The number of hydrogen-bond donors (Lipinski definition) is 1. The van der Waals surface area contributed by atoms with Crippen molar-refractivity contribution in [2.75, 3.05) is 5.32 Å². The van der Waals surface area contributed by atoms with Crippen molar-refractivity contribution < 1.29 is 31.1 Å². The minimum atomic E-state index is -5.00. The first-order chi connectivity index (χ1) is 14.5. The SMILES string of the molecule is O=C(Nc1cc(C(F)(F)F)cc(C(F)(F)F)c1)C(Sc1ccccc1)c1ccccc1. The van der Waals surface area contributed by atoms with Crippen molar-refractivity contribution in [2.24, 2.45) is 0 Å². The maximum atomic E-state index is 13.1. The first-order valence-electron chi connectivity index (χ1n) is 8.91. The number of anilines is 1. The van der Waals surface area contributed by atoms with Crippen LogP contribution in [0, 0.1) is 0 Å². The van der Waals surface area contributed by atoms with Gasteiger partial charge in [-0.05, 0) is 35.9 Å². The van der Waals surface area contributed by atoms with Crippen molar-refractivity contribution in [2.45, 2.75) is 22.5 Å². The fourth-order valence-electron chi connectivity index (χ4n) is 2.77. The number of halogens is 6. The molecule has 1 atom stereocenters. The zero-order valence-electron chi connectivity index (χ0n) is 15.7. The molecule has 1 N–H and O–H groups in total. The highest BCUT2D eigenvalue weighted by Gasteiger charge is 2.37. The fourth-order valence-corrected chi connectivity index (χ4v) is 3.82. The highest BCUT2D eigenvalue weighted by molar-refractivity contribution is 8.00. The maximum absolute atomic E-state index is 13.1. The Morgan fingerprint density at radius 1 is 0.742 bits per heavy atom. The molecule has 3 rings (SSSR count). The number of nitrogens with one attached hydrogen (secondary N) is 1. The summed E-state index contributed by atoms with van der Waals surface area (Å²) in [6.07, 6.45) is -10.0. The Bertz CT molecular complexity index is 1000. The number of hydrogen-bond acceptors (Lipinski definition) is 2. The minimum absolute atomic E-state index is 0.0169. The molecule has 0 aliphatic rings. The van der Waals surface area contributed by atoms with E-state index in [-0.39, 0.29) is 6.07 Å². The van der Waals surface area contributed by atoms with E-state index in [2.05, 4.69) is 5.32 Å². The van der Waals surface area contributed by atoms with E-state index >= 15 is 0 Å². The molecule has 2 nitrogen and oxygen atoms in total. The Kier molecular flexibility index (Phi) is 6.64. The lowest BCUT2D eigenvalue weighted by Gasteiger charge is -2.19. The highest BCUT2D eigenvalue weighted by atomic mass is 32.2. The van der Waals surface area contributed by atoms with Crippen LogP contribution in [-0.2, 0) is 17.1 Å². The molecule has 3 aromatic rings. The molecule has 162 valence electrons. The second-order valence-electron chi connectivity index (χ2n) is 6.51. The van der Waals surface area contributed by atoms with Gasteiger partial charge in [-0.15, -0.1) is 11.8 Å². The third-order valence-corrected chi connectivity index (χ3v) is 5.46. The number of carbonyl (C=O) groups excluding carboxylic acids is 1. The van der Waals surface area contributed by atoms with Crippen LogP contribution in [0.4, 0.5) is 32.0 Å². The largest absolute Gasteiger partial charge is 0.416 e. The molecule has 0 saturated carbocycles.